The Morgan fingerprint density at radius 3 is 2.83 bits per heavy atom. The van der Waals surface area contributed by atoms with Gasteiger partial charge in [-0.2, -0.15) is 0 Å². The van der Waals surface area contributed by atoms with Crippen LogP contribution >= 0.6 is 11.3 Å². The molecular weight excluding hydrogens is 254 g/mol. The van der Waals surface area contributed by atoms with Crippen molar-refractivity contribution >= 4 is 22.3 Å². The number of carboxylic acid groups (broad SMARTS) is 1. The fourth-order valence-corrected chi connectivity index (χ4v) is 2.64. The summed E-state index contributed by atoms with van der Waals surface area (Å²) in [6, 6.07) is -0.0881. The molecule has 0 bridgehead atoms. The molecule has 1 atom stereocenters. The summed E-state index contributed by atoms with van der Waals surface area (Å²) in [6.07, 6.45) is 0. The van der Waals surface area contributed by atoms with Crippen molar-refractivity contribution in [3.63, 3.8) is 0 Å². The number of carboxylic acids is 1. The van der Waals surface area contributed by atoms with Crippen LogP contribution in [0.3, 0.4) is 0 Å². The van der Waals surface area contributed by atoms with Crippen LogP contribution in [0.5, 0.6) is 0 Å². The maximum atomic E-state index is 11.0. The van der Waals surface area contributed by atoms with Gasteiger partial charge in [-0.05, 0) is 20.8 Å². The molecule has 0 amide bonds. The van der Waals surface area contributed by atoms with Gasteiger partial charge in [-0.15, -0.1) is 11.3 Å². The lowest BCUT2D eigenvalue weighted by atomic mass is 10.1. The molecule has 0 aliphatic rings. The summed E-state index contributed by atoms with van der Waals surface area (Å²) in [5.74, 6) is -0.307. The van der Waals surface area contributed by atoms with Crippen molar-refractivity contribution in [3.05, 3.63) is 28.2 Å². The highest BCUT2D eigenvalue weighted by Crippen LogP contribution is 2.28. The molecule has 0 saturated carbocycles. The van der Waals surface area contributed by atoms with E-state index in [9.17, 15) is 4.79 Å². The maximum Gasteiger partial charge on any atom is 0.357 e. The van der Waals surface area contributed by atoms with E-state index in [-0.39, 0.29) is 11.7 Å². The molecule has 2 aromatic heterocycles. The number of aryl methyl sites for hydroxylation is 2. The molecule has 0 radical (unpaired) electrons. The fourth-order valence-electron chi connectivity index (χ4n) is 1.88. The molecule has 2 heterocycles. The van der Waals surface area contributed by atoms with E-state index < -0.39 is 5.97 Å². The van der Waals surface area contributed by atoms with E-state index in [0.717, 1.165) is 17.0 Å². The highest BCUT2D eigenvalue weighted by molar-refractivity contribution is 7.14. The molecule has 6 nitrogen and oxygen atoms in total. The van der Waals surface area contributed by atoms with Crippen LogP contribution in [0.25, 0.3) is 0 Å². The van der Waals surface area contributed by atoms with Crippen LogP contribution in [0.2, 0.25) is 0 Å². The molecule has 2 rings (SSSR count). The van der Waals surface area contributed by atoms with Crippen molar-refractivity contribution in [2.75, 3.05) is 5.32 Å². The first-order valence-corrected chi connectivity index (χ1v) is 6.24. The lowest BCUT2D eigenvalue weighted by Gasteiger charge is -2.13. The molecule has 0 spiro atoms. The van der Waals surface area contributed by atoms with Crippen molar-refractivity contribution in [1.29, 1.82) is 0 Å². The third-order valence-corrected chi connectivity index (χ3v) is 3.40. The minimum absolute atomic E-state index is 0.0404. The first-order valence-electron chi connectivity index (χ1n) is 5.36. The Morgan fingerprint density at radius 1 is 1.56 bits per heavy atom. The van der Waals surface area contributed by atoms with E-state index in [0.29, 0.717) is 5.00 Å². The maximum absolute atomic E-state index is 11.0. The number of anilines is 1. The summed E-state index contributed by atoms with van der Waals surface area (Å²) in [4.78, 5) is 14.8. The van der Waals surface area contributed by atoms with Gasteiger partial charge in [0, 0.05) is 5.56 Å². The van der Waals surface area contributed by atoms with Gasteiger partial charge in [0.1, 0.15) is 10.8 Å². The van der Waals surface area contributed by atoms with Crippen LogP contribution in [-0.2, 0) is 0 Å². The number of carbonyl (C=O) groups is 1. The normalized spacial score (nSPS) is 12.4. The van der Waals surface area contributed by atoms with E-state index in [1.165, 1.54) is 16.8 Å². The minimum atomic E-state index is -1.04. The van der Waals surface area contributed by atoms with Gasteiger partial charge < -0.3 is 14.9 Å². The second-order valence-corrected chi connectivity index (χ2v) is 4.79. The first kappa shape index (κ1) is 12.6. The van der Waals surface area contributed by atoms with Crippen molar-refractivity contribution < 1.29 is 14.4 Å². The summed E-state index contributed by atoms with van der Waals surface area (Å²) in [7, 11) is 0. The zero-order valence-electron chi connectivity index (χ0n) is 10.2. The van der Waals surface area contributed by atoms with Gasteiger partial charge in [0.25, 0.3) is 0 Å². The van der Waals surface area contributed by atoms with Crippen molar-refractivity contribution in [1.82, 2.24) is 10.1 Å². The largest absolute Gasteiger partial charge is 0.476 e. The highest BCUT2D eigenvalue weighted by atomic mass is 32.1. The zero-order valence-corrected chi connectivity index (χ0v) is 11.0. The fraction of sp³-hybridized carbons (Fsp3) is 0.364. The van der Waals surface area contributed by atoms with E-state index in [1.54, 1.807) is 0 Å². The second kappa shape index (κ2) is 4.77. The number of nitrogens with zero attached hydrogens (tertiary/aromatic N) is 2. The van der Waals surface area contributed by atoms with Gasteiger partial charge in [0.2, 0.25) is 0 Å². The number of rotatable bonds is 4. The van der Waals surface area contributed by atoms with Crippen LogP contribution in [0, 0.1) is 13.8 Å². The van der Waals surface area contributed by atoms with Crippen molar-refractivity contribution in [2.24, 2.45) is 0 Å². The molecule has 2 aromatic rings. The molecule has 1 unspecified atom stereocenters. The molecule has 0 aliphatic carbocycles. The SMILES string of the molecule is Cc1noc(C)c1C(C)Nc1scnc1C(=O)O. The number of thiazole rings is 1. The smallest absolute Gasteiger partial charge is 0.357 e. The average Bonchev–Trinajstić information content (AvgIpc) is 2.86. The Kier molecular flexibility index (Phi) is 3.33. The molecule has 7 heteroatoms. The van der Waals surface area contributed by atoms with E-state index >= 15 is 0 Å². The van der Waals surface area contributed by atoms with Crippen LogP contribution < -0.4 is 5.32 Å². The molecule has 0 fully saturated rings. The molecule has 2 N–H and O–H groups in total. The van der Waals surface area contributed by atoms with Crippen LogP contribution in [0.4, 0.5) is 5.00 Å². The van der Waals surface area contributed by atoms with Crippen molar-refractivity contribution in [3.8, 4) is 0 Å². The zero-order chi connectivity index (χ0) is 13.3. The van der Waals surface area contributed by atoms with Gasteiger partial charge in [-0.1, -0.05) is 5.16 Å². The van der Waals surface area contributed by atoms with Gasteiger partial charge in [-0.25, -0.2) is 9.78 Å². The summed E-state index contributed by atoms with van der Waals surface area (Å²) in [6.45, 7) is 5.62. The number of aromatic carboxylic acids is 1. The Labute approximate surface area is 108 Å². The lowest BCUT2D eigenvalue weighted by molar-refractivity contribution is 0.0692. The summed E-state index contributed by atoms with van der Waals surface area (Å²) < 4.78 is 5.09. The lowest BCUT2D eigenvalue weighted by Crippen LogP contribution is -2.10. The number of hydrogen-bond donors (Lipinski definition) is 2. The Balaban J connectivity index is 2.24. The molecular formula is C11H13N3O3S. The van der Waals surface area contributed by atoms with Gasteiger partial charge in [-0.3, -0.25) is 0 Å². The number of aromatic nitrogens is 2. The van der Waals surface area contributed by atoms with E-state index in [4.69, 9.17) is 9.63 Å². The van der Waals surface area contributed by atoms with Gasteiger partial charge >= 0.3 is 5.97 Å². The average molecular weight is 267 g/mol. The Bertz CT molecular complexity index is 556. The molecule has 18 heavy (non-hydrogen) atoms. The van der Waals surface area contributed by atoms with Crippen LogP contribution in [-0.4, -0.2) is 21.2 Å². The summed E-state index contributed by atoms with van der Waals surface area (Å²) in [5, 5.41) is 16.5. The second-order valence-electron chi connectivity index (χ2n) is 3.94. The third-order valence-electron chi connectivity index (χ3n) is 2.64. The van der Waals surface area contributed by atoms with Crippen molar-refractivity contribution in [2.45, 2.75) is 26.8 Å². The highest BCUT2D eigenvalue weighted by Gasteiger charge is 2.20. The van der Waals surface area contributed by atoms with Crippen LogP contribution in [0.1, 0.15) is 40.5 Å². The quantitative estimate of drug-likeness (QED) is 0.885. The molecule has 0 aromatic carbocycles. The molecule has 96 valence electrons. The van der Waals surface area contributed by atoms with E-state index in [1.807, 2.05) is 20.8 Å². The third kappa shape index (κ3) is 2.21. The Morgan fingerprint density at radius 2 is 2.28 bits per heavy atom. The van der Waals surface area contributed by atoms with Gasteiger partial charge in [0.05, 0.1) is 17.2 Å². The summed E-state index contributed by atoms with van der Waals surface area (Å²) >= 11 is 1.26. The van der Waals surface area contributed by atoms with E-state index in [2.05, 4.69) is 15.5 Å². The van der Waals surface area contributed by atoms with Gasteiger partial charge in [0.15, 0.2) is 5.69 Å². The standard InChI is InChI=1S/C11H13N3O3S/c1-5(8-6(2)14-17-7(8)3)13-10-9(11(15)16)12-4-18-10/h4-5,13H,1-3H3,(H,15,16). The number of hydrogen-bond acceptors (Lipinski definition) is 6. The topological polar surface area (TPSA) is 88.3 Å². The monoisotopic (exact) mass is 267 g/mol. The molecule has 0 saturated heterocycles. The summed E-state index contributed by atoms with van der Waals surface area (Å²) in [5.41, 5.74) is 3.29. The Hall–Kier alpha value is -1.89. The minimum Gasteiger partial charge on any atom is -0.476 e. The predicted molar refractivity (Wildman–Crippen MR) is 67.1 cm³/mol. The first-order chi connectivity index (χ1) is 8.50. The molecule has 0 aliphatic heterocycles. The number of nitrogens with one attached hydrogen (secondary N) is 1. The van der Waals surface area contributed by atoms with Crippen LogP contribution in [0.15, 0.2) is 10.0 Å². The predicted octanol–water partition coefficient (Wildman–Crippen LogP) is 2.62.